The van der Waals surface area contributed by atoms with E-state index in [-0.39, 0.29) is 23.2 Å². The molecule has 2 aromatic rings. The van der Waals surface area contributed by atoms with Gasteiger partial charge in [-0.3, -0.25) is 9.48 Å². The molecule has 1 N–H and O–H groups in total. The first-order valence-electron chi connectivity index (χ1n) is 7.77. The van der Waals surface area contributed by atoms with Crippen LogP contribution in [0, 0.1) is 20.8 Å². The van der Waals surface area contributed by atoms with Gasteiger partial charge in [0.25, 0.3) is 5.91 Å². The molecular formula is C17H19ClF3N3O. The van der Waals surface area contributed by atoms with Gasteiger partial charge in [0.15, 0.2) is 5.69 Å². The number of nitrogens with one attached hydrogen (secondary N) is 1. The second kappa shape index (κ2) is 7.47. The van der Waals surface area contributed by atoms with E-state index >= 15 is 0 Å². The Bertz CT molecular complexity index is 784. The van der Waals surface area contributed by atoms with Gasteiger partial charge in [0.1, 0.15) is 0 Å². The number of hydrogen-bond donors (Lipinski definition) is 1. The number of rotatable bonds is 5. The first-order valence-corrected chi connectivity index (χ1v) is 8.14. The van der Waals surface area contributed by atoms with Crippen LogP contribution in [0.1, 0.15) is 39.3 Å². The zero-order valence-electron chi connectivity index (χ0n) is 14.2. The number of halogens is 4. The van der Waals surface area contributed by atoms with Crippen LogP contribution in [0.2, 0.25) is 5.02 Å². The van der Waals surface area contributed by atoms with E-state index in [1.54, 1.807) is 12.1 Å². The number of hydrogen-bond acceptors (Lipinski definition) is 2. The molecule has 136 valence electrons. The summed E-state index contributed by atoms with van der Waals surface area (Å²) >= 11 is 5.70. The zero-order chi connectivity index (χ0) is 18.8. The molecule has 0 unspecified atom stereocenters. The van der Waals surface area contributed by atoms with Gasteiger partial charge in [-0.15, -0.1) is 0 Å². The van der Waals surface area contributed by atoms with Crippen molar-refractivity contribution in [3.05, 3.63) is 51.3 Å². The molecular weight excluding hydrogens is 355 g/mol. The molecule has 1 amide bonds. The van der Waals surface area contributed by atoms with Crippen LogP contribution in [0.4, 0.5) is 13.2 Å². The number of alkyl halides is 3. The van der Waals surface area contributed by atoms with Gasteiger partial charge < -0.3 is 5.32 Å². The lowest BCUT2D eigenvalue weighted by molar-refractivity contribution is -0.141. The van der Waals surface area contributed by atoms with E-state index in [9.17, 15) is 18.0 Å². The molecule has 0 radical (unpaired) electrons. The van der Waals surface area contributed by atoms with Gasteiger partial charge in [0.05, 0.1) is 10.7 Å². The first-order chi connectivity index (χ1) is 11.6. The average Bonchev–Trinajstić information content (AvgIpc) is 2.82. The molecule has 8 heteroatoms. The van der Waals surface area contributed by atoms with Crippen LogP contribution in [-0.4, -0.2) is 22.2 Å². The predicted octanol–water partition coefficient (Wildman–Crippen LogP) is 4.30. The van der Waals surface area contributed by atoms with E-state index in [2.05, 4.69) is 10.4 Å². The molecule has 1 heterocycles. The standard InChI is InChI=1S/C17H19ClF3N3O/c1-10-5-6-13(9-11(10)2)16(25)22-7-4-8-24-12(3)14(18)15(23-24)17(19,20)21/h5-6,9H,4,7-8H2,1-3H3,(H,22,25). The summed E-state index contributed by atoms with van der Waals surface area (Å²) in [6.45, 7) is 5.93. The average molecular weight is 374 g/mol. The molecule has 0 spiro atoms. The van der Waals surface area contributed by atoms with Crippen molar-refractivity contribution in [2.75, 3.05) is 6.54 Å². The normalized spacial score (nSPS) is 11.6. The Balaban J connectivity index is 1.91. The molecule has 25 heavy (non-hydrogen) atoms. The van der Waals surface area contributed by atoms with Crippen molar-refractivity contribution < 1.29 is 18.0 Å². The van der Waals surface area contributed by atoms with Gasteiger partial charge in [-0.25, -0.2) is 0 Å². The highest BCUT2D eigenvalue weighted by Gasteiger charge is 2.38. The Hall–Kier alpha value is -2.02. The maximum Gasteiger partial charge on any atom is 0.436 e. The van der Waals surface area contributed by atoms with E-state index in [0.29, 0.717) is 18.5 Å². The third-order valence-electron chi connectivity index (χ3n) is 4.00. The summed E-state index contributed by atoms with van der Waals surface area (Å²) in [7, 11) is 0. The molecule has 1 aromatic heterocycles. The summed E-state index contributed by atoms with van der Waals surface area (Å²) in [5, 5.41) is 5.89. The van der Waals surface area contributed by atoms with Crippen molar-refractivity contribution in [3.63, 3.8) is 0 Å². The molecule has 0 aliphatic rings. The van der Waals surface area contributed by atoms with Gasteiger partial charge in [-0.1, -0.05) is 17.7 Å². The van der Waals surface area contributed by atoms with E-state index in [0.717, 1.165) is 11.1 Å². The Morgan fingerprint density at radius 2 is 1.92 bits per heavy atom. The van der Waals surface area contributed by atoms with E-state index in [1.165, 1.54) is 11.6 Å². The Morgan fingerprint density at radius 3 is 2.48 bits per heavy atom. The minimum Gasteiger partial charge on any atom is -0.352 e. The van der Waals surface area contributed by atoms with Gasteiger partial charge in [-0.05, 0) is 50.5 Å². The highest BCUT2D eigenvalue weighted by Crippen LogP contribution is 2.35. The number of carbonyl (C=O) groups is 1. The van der Waals surface area contributed by atoms with E-state index in [1.807, 2.05) is 19.9 Å². The quantitative estimate of drug-likeness (QED) is 0.794. The first kappa shape index (κ1) is 19.3. The van der Waals surface area contributed by atoms with Gasteiger partial charge in [-0.2, -0.15) is 18.3 Å². The molecule has 0 aliphatic heterocycles. The molecule has 0 bridgehead atoms. The summed E-state index contributed by atoms with van der Waals surface area (Å²) in [4.78, 5) is 12.1. The summed E-state index contributed by atoms with van der Waals surface area (Å²) in [5.74, 6) is -0.214. The maximum absolute atomic E-state index is 12.8. The lowest BCUT2D eigenvalue weighted by Gasteiger charge is -2.08. The van der Waals surface area contributed by atoms with Crippen LogP contribution in [0.3, 0.4) is 0 Å². The largest absolute Gasteiger partial charge is 0.436 e. The van der Waals surface area contributed by atoms with Crippen molar-refractivity contribution in [2.45, 2.75) is 39.9 Å². The number of amides is 1. The summed E-state index contributed by atoms with van der Waals surface area (Å²) in [6.07, 6.45) is -4.14. The number of aromatic nitrogens is 2. The van der Waals surface area contributed by atoms with E-state index in [4.69, 9.17) is 11.6 Å². The monoisotopic (exact) mass is 373 g/mol. The van der Waals surface area contributed by atoms with Crippen molar-refractivity contribution in [2.24, 2.45) is 0 Å². The van der Waals surface area contributed by atoms with Crippen LogP contribution in [-0.2, 0) is 12.7 Å². The fourth-order valence-corrected chi connectivity index (χ4v) is 2.58. The fourth-order valence-electron chi connectivity index (χ4n) is 2.34. The van der Waals surface area contributed by atoms with Crippen molar-refractivity contribution >= 4 is 17.5 Å². The second-order valence-corrected chi connectivity index (χ2v) is 6.26. The van der Waals surface area contributed by atoms with E-state index < -0.39 is 11.9 Å². The minimum absolute atomic E-state index is 0.214. The van der Waals surface area contributed by atoms with Crippen LogP contribution >= 0.6 is 11.6 Å². The zero-order valence-corrected chi connectivity index (χ0v) is 14.9. The summed E-state index contributed by atoms with van der Waals surface area (Å²) in [5.41, 5.74) is 1.86. The molecule has 2 rings (SSSR count). The third kappa shape index (κ3) is 4.54. The SMILES string of the molecule is Cc1ccc(C(=O)NCCCn2nc(C(F)(F)F)c(Cl)c2C)cc1C. The Kier molecular flexibility index (Phi) is 5.77. The molecule has 4 nitrogen and oxygen atoms in total. The predicted molar refractivity (Wildman–Crippen MR) is 89.8 cm³/mol. The highest BCUT2D eigenvalue weighted by atomic mass is 35.5. The lowest BCUT2D eigenvalue weighted by atomic mass is 10.1. The summed E-state index contributed by atoms with van der Waals surface area (Å²) in [6, 6.07) is 5.42. The maximum atomic E-state index is 12.8. The fraction of sp³-hybridized carbons (Fsp3) is 0.412. The highest BCUT2D eigenvalue weighted by molar-refractivity contribution is 6.31. The molecule has 0 saturated carbocycles. The molecule has 0 fully saturated rings. The number of benzene rings is 1. The summed E-state index contributed by atoms with van der Waals surface area (Å²) < 4.78 is 39.5. The second-order valence-electron chi connectivity index (χ2n) is 5.88. The number of aryl methyl sites for hydroxylation is 3. The van der Waals surface area contributed by atoms with Crippen LogP contribution < -0.4 is 5.32 Å². The third-order valence-corrected chi connectivity index (χ3v) is 4.46. The lowest BCUT2D eigenvalue weighted by Crippen LogP contribution is -2.25. The van der Waals surface area contributed by atoms with Crippen molar-refractivity contribution in [3.8, 4) is 0 Å². The smallest absolute Gasteiger partial charge is 0.352 e. The molecule has 1 aromatic carbocycles. The van der Waals surface area contributed by atoms with Crippen LogP contribution in [0.5, 0.6) is 0 Å². The Morgan fingerprint density at radius 1 is 1.24 bits per heavy atom. The van der Waals surface area contributed by atoms with Gasteiger partial charge in [0.2, 0.25) is 0 Å². The molecule has 0 aliphatic carbocycles. The molecule has 0 saturated heterocycles. The van der Waals surface area contributed by atoms with Crippen LogP contribution in [0.15, 0.2) is 18.2 Å². The van der Waals surface area contributed by atoms with Gasteiger partial charge >= 0.3 is 6.18 Å². The topological polar surface area (TPSA) is 46.9 Å². The number of carbonyl (C=O) groups excluding carboxylic acids is 1. The van der Waals surface area contributed by atoms with Crippen molar-refractivity contribution in [1.29, 1.82) is 0 Å². The van der Waals surface area contributed by atoms with Gasteiger partial charge in [0, 0.05) is 18.7 Å². The van der Waals surface area contributed by atoms with Crippen LogP contribution in [0.25, 0.3) is 0 Å². The molecule has 0 atom stereocenters. The Labute approximate surface area is 149 Å². The minimum atomic E-state index is -4.58. The number of nitrogens with zero attached hydrogens (tertiary/aromatic N) is 2. The van der Waals surface area contributed by atoms with Crippen molar-refractivity contribution in [1.82, 2.24) is 15.1 Å².